The number of aromatic amines is 1. The lowest BCUT2D eigenvalue weighted by atomic mass is 10.0. The van der Waals surface area contributed by atoms with Gasteiger partial charge in [-0.3, -0.25) is 15.2 Å². The molecule has 100 valence electrons. The van der Waals surface area contributed by atoms with Crippen LogP contribution in [0, 0.1) is 10.1 Å². The minimum atomic E-state index is -0.532. The number of ether oxygens (including phenoxy) is 1. The van der Waals surface area contributed by atoms with Crippen molar-refractivity contribution >= 4 is 5.69 Å². The van der Waals surface area contributed by atoms with Crippen LogP contribution in [0.1, 0.15) is 5.56 Å². The molecule has 0 spiro atoms. The van der Waals surface area contributed by atoms with Gasteiger partial charge >= 0.3 is 5.69 Å². The SMILES string of the molecule is COc1c(-c2nc[nH]n2)cc(CCO)cc1[N+](=O)[O-]. The lowest BCUT2D eigenvalue weighted by molar-refractivity contribution is -0.385. The number of nitrogens with one attached hydrogen (secondary N) is 1. The van der Waals surface area contributed by atoms with Crippen molar-refractivity contribution in [3.8, 4) is 17.1 Å². The first kappa shape index (κ1) is 13.0. The van der Waals surface area contributed by atoms with Crippen LogP contribution in [0.15, 0.2) is 18.5 Å². The molecule has 0 saturated heterocycles. The van der Waals surface area contributed by atoms with Gasteiger partial charge in [0.2, 0.25) is 5.75 Å². The fourth-order valence-electron chi connectivity index (χ4n) is 1.80. The number of aliphatic hydroxyl groups excluding tert-OH is 1. The first-order valence-electron chi connectivity index (χ1n) is 5.49. The number of nitrogens with zero attached hydrogens (tertiary/aromatic N) is 3. The summed E-state index contributed by atoms with van der Waals surface area (Å²) in [6.07, 6.45) is 1.68. The third-order valence-electron chi connectivity index (χ3n) is 2.59. The second-order valence-electron chi connectivity index (χ2n) is 3.75. The maximum Gasteiger partial charge on any atom is 0.311 e. The molecule has 2 aromatic rings. The number of methoxy groups -OCH3 is 1. The van der Waals surface area contributed by atoms with Crippen molar-refractivity contribution in [3.05, 3.63) is 34.1 Å². The first-order valence-corrected chi connectivity index (χ1v) is 5.49. The van der Waals surface area contributed by atoms with Gasteiger partial charge in [-0.2, -0.15) is 5.10 Å². The van der Waals surface area contributed by atoms with E-state index in [9.17, 15) is 10.1 Å². The Morgan fingerprint density at radius 2 is 2.32 bits per heavy atom. The normalized spacial score (nSPS) is 10.4. The van der Waals surface area contributed by atoms with Gasteiger partial charge in [0.25, 0.3) is 0 Å². The number of hydrogen-bond donors (Lipinski definition) is 2. The second kappa shape index (κ2) is 5.44. The summed E-state index contributed by atoms with van der Waals surface area (Å²) < 4.78 is 5.10. The van der Waals surface area contributed by atoms with Crippen LogP contribution >= 0.6 is 0 Å². The van der Waals surface area contributed by atoms with Gasteiger partial charge in [-0.25, -0.2) is 4.98 Å². The topological polar surface area (TPSA) is 114 Å². The summed E-state index contributed by atoms with van der Waals surface area (Å²) in [7, 11) is 1.35. The predicted molar refractivity (Wildman–Crippen MR) is 65.8 cm³/mol. The zero-order valence-electron chi connectivity index (χ0n) is 10.2. The van der Waals surface area contributed by atoms with Crippen LogP contribution in [-0.2, 0) is 6.42 Å². The molecule has 8 heteroatoms. The number of rotatable bonds is 5. The fourth-order valence-corrected chi connectivity index (χ4v) is 1.80. The van der Waals surface area contributed by atoms with Gasteiger partial charge < -0.3 is 9.84 Å². The van der Waals surface area contributed by atoms with Gasteiger partial charge in [0.05, 0.1) is 17.6 Å². The zero-order chi connectivity index (χ0) is 13.8. The smallest absolute Gasteiger partial charge is 0.311 e. The van der Waals surface area contributed by atoms with E-state index in [1.54, 1.807) is 6.07 Å². The Labute approximate surface area is 108 Å². The third-order valence-corrected chi connectivity index (χ3v) is 2.59. The number of hydrogen-bond acceptors (Lipinski definition) is 6. The lowest BCUT2D eigenvalue weighted by Crippen LogP contribution is -2.00. The van der Waals surface area contributed by atoms with Crippen LogP contribution in [0.5, 0.6) is 5.75 Å². The number of nitro groups is 1. The Bertz CT molecular complexity index is 583. The van der Waals surface area contributed by atoms with Crippen LogP contribution in [0.3, 0.4) is 0 Å². The highest BCUT2D eigenvalue weighted by atomic mass is 16.6. The summed E-state index contributed by atoms with van der Waals surface area (Å²) in [6, 6.07) is 3.05. The van der Waals surface area contributed by atoms with Crippen molar-refractivity contribution in [2.75, 3.05) is 13.7 Å². The monoisotopic (exact) mass is 264 g/mol. The van der Waals surface area contributed by atoms with E-state index >= 15 is 0 Å². The Hall–Kier alpha value is -2.48. The Morgan fingerprint density at radius 3 is 2.84 bits per heavy atom. The average molecular weight is 264 g/mol. The number of aliphatic hydroxyl groups is 1. The molecule has 0 fully saturated rings. The highest BCUT2D eigenvalue weighted by molar-refractivity contribution is 5.72. The summed E-state index contributed by atoms with van der Waals surface area (Å²) >= 11 is 0. The van der Waals surface area contributed by atoms with Crippen molar-refractivity contribution in [1.29, 1.82) is 0 Å². The van der Waals surface area contributed by atoms with E-state index in [1.807, 2.05) is 0 Å². The molecule has 0 aliphatic rings. The van der Waals surface area contributed by atoms with E-state index in [1.165, 1.54) is 19.5 Å². The Morgan fingerprint density at radius 1 is 1.53 bits per heavy atom. The molecule has 2 rings (SSSR count). The zero-order valence-corrected chi connectivity index (χ0v) is 10.2. The van der Waals surface area contributed by atoms with Crippen LogP contribution in [0.2, 0.25) is 0 Å². The lowest BCUT2D eigenvalue weighted by Gasteiger charge is -2.09. The third kappa shape index (κ3) is 2.52. The molecule has 0 bridgehead atoms. The molecule has 2 N–H and O–H groups in total. The summed E-state index contributed by atoms with van der Waals surface area (Å²) in [5.74, 6) is 0.408. The Kier molecular flexibility index (Phi) is 3.71. The van der Waals surface area contributed by atoms with Crippen LogP contribution in [-0.4, -0.2) is 38.9 Å². The van der Waals surface area contributed by atoms with E-state index in [4.69, 9.17) is 9.84 Å². The standard InChI is InChI=1S/C11H12N4O4/c1-19-10-8(11-12-6-13-14-11)4-7(2-3-16)5-9(10)15(17)18/h4-6,16H,2-3H2,1H3,(H,12,13,14). The van der Waals surface area contributed by atoms with Gasteiger partial charge in [0.15, 0.2) is 5.82 Å². The van der Waals surface area contributed by atoms with Crippen molar-refractivity contribution in [1.82, 2.24) is 15.2 Å². The molecule has 8 nitrogen and oxygen atoms in total. The molecule has 0 aliphatic heterocycles. The number of benzene rings is 1. The van der Waals surface area contributed by atoms with Crippen molar-refractivity contribution in [3.63, 3.8) is 0 Å². The van der Waals surface area contributed by atoms with Gasteiger partial charge in [-0.15, -0.1) is 0 Å². The molecular weight excluding hydrogens is 252 g/mol. The molecule has 0 saturated carbocycles. The fraction of sp³-hybridized carbons (Fsp3) is 0.273. The number of aromatic nitrogens is 3. The maximum absolute atomic E-state index is 11.1. The van der Waals surface area contributed by atoms with Crippen LogP contribution in [0.25, 0.3) is 11.4 Å². The largest absolute Gasteiger partial charge is 0.490 e. The minimum absolute atomic E-state index is 0.100. The highest BCUT2D eigenvalue weighted by Gasteiger charge is 2.23. The van der Waals surface area contributed by atoms with Crippen molar-refractivity contribution < 1.29 is 14.8 Å². The molecule has 19 heavy (non-hydrogen) atoms. The van der Waals surface area contributed by atoms with Gasteiger partial charge in [0.1, 0.15) is 6.33 Å². The van der Waals surface area contributed by atoms with E-state index < -0.39 is 4.92 Å². The summed E-state index contributed by atoms with van der Waals surface area (Å²) in [5.41, 5.74) is 0.865. The molecule has 1 aromatic carbocycles. The van der Waals surface area contributed by atoms with E-state index in [0.29, 0.717) is 23.4 Å². The molecule has 0 radical (unpaired) electrons. The van der Waals surface area contributed by atoms with Crippen LogP contribution < -0.4 is 4.74 Å². The van der Waals surface area contributed by atoms with Gasteiger partial charge in [0, 0.05) is 12.7 Å². The van der Waals surface area contributed by atoms with E-state index in [-0.39, 0.29) is 18.0 Å². The molecule has 0 aliphatic carbocycles. The van der Waals surface area contributed by atoms with Gasteiger partial charge in [-0.05, 0) is 18.1 Å². The average Bonchev–Trinajstić information content (AvgIpc) is 2.91. The number of H-pyrrole nitrogens is 1. The van der Waals surface area contributed by atoms with Crippen molar-refractivity contribution in [2.45, 2.75) is 6.42 Å². The van der Waals surface area contributed by atoms with E-state index in [2.05, 4.69) is 15.2 Å². The molecular formula is C11H12N4O4. The van der Waals surface area contributed by atoms with Crippen molar-refractivity contribution in [2.24, 2.45) is 0 Å². The predicted octanol–water partition coefficient (Wildman–Crippen LogP) is 0.923. The van der Waals surface area contributed by atoms with E-state index in [0.717, 1.165) is 0 Å². The highest BCUT2D eigenvalue weighted by Crippen LogP contribution is 2.37. The summed E-state index contributed by atoms with van der Waals surface area (Å²) in [6.45, 7) is -0.100. The van der Waals surface area contributed by atoms with Crippen LogP contribution in [0.4, 0.5) is 5.69 Å². The molecule has 1 aromatic heterocycles. The molecule has 0 amide bonds. The quantitative estimate of drug-likeness (QED) is 0.613. The molecule has 1 heterocycles. The molecule has 0 unspecified atom stereocenters. The molecule has 0 atom stereocenters. The van der Waals surface area contributed by atoms with Gasteiger partial charge in [-0.1, -0.05) is 0 Å². The number of nitro benzene ring substituents is 1. The maximum atomic E-state index is 11.1. The summed E-state index contributed by atoms with van der Waals surface area (Å²) in [5, 5.41) is 26.5. The second-order valence-corrected chi connectivity index (χ2v) is 3.75. The summed E-state index contributed by atoms with van der Waals surface area (Å²) in [4.78, 5) is 14.5. The minimum Gasteiger partial charge on any atom is -0.490 e. The Balaban J connectivity index is 2.65. The first-order chi connectivity index (χ1) is 9.17.